The number of aromatic nitrogens is 1. The van der Waals surface area contributed by atoms with Gasteiger partial charge in [-0.3, -0.25) is 0 Å². The minimum absolute atomic E-state index is 0.351. The molecule has 3 heteroatoms. The summed E-state index contributed by atoms with van der Waals surface area (Å²) >= 11 is 0. The zero-order chi connectivity index (χ0) is 16.7. The van der Waals surface area contributed by atoms with Crippen molar-refractivity contribution in [2.75, 3.05) is 14.1 Å². The van der Waals surface area contributed by atoms with Crippen LogP contribution in [0.3, 0.4) is 0 Å². The highest BCUT2D eigenvalue weighted by Crippen LogP contribution is 2.49. The largest absolute Gasteiger partial charge is 0.443 e. The minimum Gasteiger partial charge on any atom is -0.443 e. The fourth-order valence-corrected chi connectivity index (χ4v) is 3.60. The number of hydrogen-bond donors (Lipinski definition) is 0. The van der Waals surface area contributed by atoms with Gasteiger partial charge in [-0.15, -0.1) is 0 Å². The lowest BCUT2D eigenvalue weighted by Crippen LogP contribution is -2.27. The minimum atomic E-state index is -0.351. The Labute approximate surface area is 143 Å². The molecule has 1 heterocycles. The first-order chi connectivity index (χ1) is 11.6. The van der Waals surface area contributed by atoms with Crippen molar-refractivity contribution in [3.8, 4) is 0 Å². The summed E-state index contributed by atoms with van der Waals surface area (Å²) in [6.45, 7) is 2.99. The topological polar surface area (TPSA) is 29.3 Å². The molecule has 4 rings (SSSR count). The highest BCUT2D eigenvalue weighted by Gasteiger charge is 2.42. The molecular weight excluding hydrogens is 296 g/mol. The van der Waals surface area contributed by atoms with E-state index in [0.29, 0.717) is 5.92 Å². The van der Waals surface area contributed by atoms with Crippen molar-refractivity contribution in [3.63, 3.8) is 0 Å². The lowest BCUT2D eigenvalue weighted by Gasteiger charge is -2.30. The van der Waals surface area contributed by atoms with Gasteiger partial charge in [0.1, 0.15) is 5.76 Å². The molecule has 1 aromatic carbocycles. The van der Waals surface area contributed by atoms with Crippen molar-refractivity contribution in [2.24, 2.45) is 11.8 Å². The zero-order valence-electron chi connectivity index (χ0n) is 14.6. The lowest BCUT2D eigenvalue weighted by atomic mass is 9.74. The second-order valence-electron chi connectivity index (χ2n) is 7.41. The second-order valence-corrected chi connectivity index (χ2v) is 7.41. The summed E-state index contributed by atoms with van der Waals surface area (Å²) in [6.07, 6.45) is 10.2. The van der Waals surface area contributed by atoms with Crippen LogP contribution >= 0.6 is 0 Å². The maximum atomic E-state index is 6.19. The van der Waals surface area contributed by atoms with Gasteiger partial charge in [-0.05, 0) is 50.4 Å². The van der Waals surface area contributed by atoms with Crippen LogP contribution in [0.5, 0.6) is 0 Å². The van der Waals surface area contributed by atoms with Crippen LogP contribution in [-0.2, 0) is 12.0 Å². The van der Waals surface area contributed by atoms with Gasteiger partial charge in [-0.25, -0.2) is 4.98 Å². The quantitative estimate of drug-likeness (QED) is 0.828. The molecule has 2 aromatic rings. The molecule has 2 aliphatic carbocycles. The Morgan fingerprint density at radius 3 is 2.71 bits per heavy atom. The standard InChI is InChI=1S/C21H24N2O/c1-21(17-7-5-4-6-8-17,18-10-9-15-11-16(15)12-18)20-22-13-19(24-20)14-23(2)3/h4-10,12-13,15-16H,11,14H2,1-3H3. The van der Waals surface area contributed by atoms with Gasteiger partial charge in [0.05, 0.1) is 18.2 Å². The van der Waals surface area contributed by atoms with Gasteiger partial charge in [-0.2, -0.15) is 0 Å². The Morgan fingerprint density at radius 1 is 1.21 bits per heavy atom. The summed E-state index contributed by atoms with van der Waals surface area (Å²) in [4.78, 5) is 6.76. The SMILES string of the molecule is CN(C)Cc1cnc(C(C)(C2=CC3CC3C=C2)c2ccccc2)o1. The van der Waals surface area contributed by atoms with Crippen molar-refractivity contribution in [3.05, 3.63) is 77.5 Å². The normalized spacial score (nSPS) is 24.4. The van der Waals surface area contributed by atoms with E-state index in [1.165, 1.54) is 17.6 Å². The summed E-state index contributed by atoms with van der Waals surface area (Å²) in [7, 11) is 4.08. The number of hydrogen-bond acceptors (Lipinski definition) is 3. The van der Waals surface area contributed by atoms with Crippen LogP contribution in [0.15, 0.2) is 64.7 Å². The van der Waals surface area contributed by atoms with Crippen LogP contribution < -0.4 is 0 Å². The molecule has 3 nitrogen and oxygen atoms in total. The van der Waals surface area contributed by atoms with Gasteiger partial charge in [-0.1, -0.05) is 48.6 Å². The van der Waals surface area contributed by atoms with Crippen LogP contribution in [0.1, 0.15) is 30.6 Å². The fourth-order valence-electron chi connectivity index (χ4n) is 3.60. The monoisotopic (exact) mass is 320 g/mol. The van der Waals surface area contributed by atoms with Crippen molar-refractivity contribution in [2.45, 2.75) is 25.3 Å². The molecule has 2 aliphatic rings. The van der Waals surface area contributed by atoms with Crippen LogP contribution in [0, 0.1) is 11.8 Å². The summed E-state index contributed by atoms with van der Waals surface area (Å²) in [5.41, 5.74) is 2.17. The molecule has 3 atom stereocenters. The molecule has 0 bridgehead atoms. The van der Waals surface area contributed by atoms with E-state index in [4.69, 9.17) is 4.42 Å². The Hall–Kier alpha value is -2.13. The first kappa shape index (κ1) is 15.4. The predicted octanol–water partition coefficient (Wildman–Crippen LogP) is 4.17. The first-order valence-electron chi connectivity index (χ1n) is 8.63. The summed E-state index contributed by atoms with van der Waals surface area (Å²) in [5.74, 6) is 3.13. The zero-order valence-corrected chi connectivity index (χ0v) is 14.6. The van der Waals surface area contributed by atoms with E-state index in [0.717, 1.165) is 24.1 Å². The van der Waals surface area contributed by atoms with E-state index >= 15 is 0 Å². The Morgan fingerprint density at radius 2 is 2.00 bits per heavy atom. The highest BCUT2D eigenvalue weighted by molar-refractivity contribution is 5.49. The molecular formula is C21H24N2O. The van der Waals surface area contributed by atoms with Gasteiger partial charge < -0.3 is 9.32 Å². The molecule has 24 heavy (non-hydrogen) atoms. The maximum absolute atomic E-state index is 6.19. The Kier molecular flexibility index (Phi) is 3.69. The third kappa shape index (κ3) is 2.63. The van der Waals surface area contributed by atoms with Crippen LogP contribution in [-0.4, -0.2) is 24.0 Å². The average Bonchev–Trinajstić information content (AvgIpc) is 3.23. The molecule has 0 amide bonds. The Bertz CT molecular complexity index is 787. The van der Waals surface area contributed by atoms with Crippen molar-refractivity contribution in [1.82, 2.24) is 9.88 Å². The van der Waals surface area contributed by atoms with E-state index in [2.05, 4.69) is 65.4 Å². The predicted molar refractivity (Wildman–Crippen MR) is 95.6 cm³/mol. The van der Waals surface area contributed by atoms with Crippen molar-refractivity contribution < 1.29 is 4.42 Å². The second kappa shape index (κ2) is 5.75. The van der Waals surface area contributed by atoms with E-state index in [-0.39, 0.29) is 5.41 Å². The van der Waals surface area contributed by atoms with E-state index in [1.54, 1.807) is 0 Å². The number of oxazole rings is 1. The van der Waals surface area contributed by atoms with E-state index in [9.17, 15) is 0 Å². The van der Waals surface area contributed by atoms with Crippen molar-refractivity contribution >= 4 is 0 Å². The smallest absolute Gasteiger partial charge is 0.209 e. The van der Waals surface area contributed by atoms with Gasteiger partial charge in [0.2, 0.25) is 5.89 Å². The van der Waals surface area contributed by atoms with E-state index < -0.39 is 0 Å². The van der Waals surface area contributed by atoms with Crippen LogP contribution in [0.25, 0.3) is 0 Å². The third-order valence-corrected chi connectivity index (χ3v) is 5.19. The molecule has 0 spiro atoms. The molecule has 0 saturated heterocycles. The molecule has 1 saturated carbocycles. The lowest BCUT2D eigenvalue weighted by molar-refractivity contribution is 0.327. The molecule has 0 radical (unpaired) electrons. The summed E-state index contributed by atoms with van der Waals surface area (Å²) < 4.78 is 6.19. The molecule has 1 aromatic heterocycles. The average molecular weight is 320 g/mol. The van der Waals surface area contributed by atoms with E-state index in [1.807, 2.05) is 20.3 Å². The molecule has 1 fully saturated rings. The number of allylic oxidation sites excluding steroid dienone is 4. The maximum Gasteiger partial charge on any atom is 0.209 e. The molecule has 0 aliphatic heterocycles. The van der Waals surface area contributed by atoms with Gasteiger partial charge in [0.25, 0.3) is 0 Å². The number of rotatable bonds is 5. The third-order valence-electron chi connectivity index (χ3n) is 5.19. The summed E-state index contributed by atoms with van der Waals surface area (Å²) in [6, 6.07) is 10.6. The molecule has 0 N–H and O–H groups in total. The molecule has 3 unspecified atom stereocenters. The molecule has 124 valence electrons. The van der Waals surface area contributed by atoms with Crippen LogP contribution in [0.2, 0.25) is 0 Å². The van der Waals surface area contributed by atoms with Gasteiger partial charge in [0, 0.05) is 0 Å². The fraction of sp³-hybridized carbons (Fsp3) is 0.381. The summed E-state index contributed by atoms with van der Waals surface area (Å²) in [5, 5.41) is 0. The Balaban J connectivity index is 1.79. The van der Waals surface area contributed by atoms with Gasteiger partial charge >= 0.3 is 0 Å². The number of nitrogens with zero attached hydrogens (tertiary/aromatic N) is 2. The van der Waals surface area contributed by atoms with Crippen LogP contribution in [0.4, 0.5) is 0 Å². The first-order valence-corrected chi connectivity index (χ1v) is 8.63. The van der Waals surface area contributed by atoms with Gasteiger partial charge in [0.15, 0.2) is 0 Å². The number of benzene rings is 1. The van der Waals surface area contributed by atoms with Crippen molar-refractivity contribution in [1.29, 1.82) is 0 Å². The highest BCUT2D eigenvalue weighted by atomic mass is 16.4. The number of fused-ring (bicyclic) bond motifs is 1.